The van der Waals surface area contributed by atoms with Crippen LogP contribution in [0.2, 0.25) is 0 Å². The first-order valence-electron chi connectivity index (χ1n) is 7.08. The molecule has 0 atom stereocenters. The lowest BCUT2D eigenvalue weighted by atomic mass is 10.4. The van der Waals surface area contributed by atoms with Crippen molar-refractivity contribution >= 4 is 15.9 Å². The number of aromatic nitrogens is 1. The normalized spacial score (nSPS) is 11.9. The first kappa shape index (κ1) is 18.0. The molecule has 0 aliphatic rings. The summed E-state index contributed by atoms with van der Waals surface area (Å²) in [5, 5.41) is 11.9. The standard InChI is InChI=1S/C14H19N5O4S/c1-18(2)8-7-16-13-10(9-15)17-14(23-13)11-5-6-12(22-11)24(20,21)19(3)4/h5-6,16H,7-8H2,1-4H3. The molecule has 1 N–H and O–H groups in total. The van der Waals surface area contributed by atoms with Crippen LogP contribution in [0.15, 0.2) is 26.1 Å². The van der Waals surface area contributed by atoms with Gasteiger partial charge in [0.05, 0.1) is 0 Å². The highest BCUT2D eigenvalue weighted by Crippen LogP contribution is 2.28. The smallest absolute Gasteiger partial charge is 0.275 e. The average molecular weight is 353 g/mol. The minimum Gasteiger partial charge on any atom is -0.438 e. The molecule has 2 heterocycles. The molecular weight excluding hydrogens is 334 g/mol. The second kappa shape index (κ2) is 7.04. The predicted octanol–water partition coefficient (Wildman–Crippen LogP) is 1.03. The third-order valence-electron chi connectivity index (χ3n) is 3.10. The molecule has 2 rings (SSSR count). The van der Waals surface area contributed by atoms with Crippen molar-refractivity contribution in [3.8, 4) is 17.7 Å². The molecule has 0 aliphatic heterocycles. The van der Waals surface area contributed by atoms with Gasteiger partial charge in [-0.1, -0.05) is 0 Å². The summed E-state index contributed by atoms with van der Waals surface area (Å²) in [4.78, 5) is 6.00. The molecule has 2 aromatic rings. The SMILES string of the molecule is CN(C)CCNc1oc(-c2ccc(S(=O)(=O)N(C)C)o2)nc1C#N. The highest BCUT2D eigenvalue weighted by molar-refractivity contribution is 7.88. The lowest BCUT2D eigenvalue weighted by Crippen LogP contribution is -2.21. The van der Waals surface area contributed by atoms with Gasteiger partial charge < -0.3 is 19.1 Å². The monoisotopic (exact) mass is 353 g/mol. The molecule has 0 spiro atoms. The molecule has 24 heavy (non-hydrogen) atoms. The van der Waals surface area contributed by atoms with Gasteiger partial charge in [-0.2, -0.15) is 10.2 Å². The average Bonchev–Trinajstić information content (AvgIpc) is 3.13. The van der Waals surface area contributed by atoms with Crippen LogP contribution in [0.25, 0.3) is 11.7 Å². The number of nitrogens with zero attached hydrogens (tertiary/aromatic N) is 4. The van der Waals surface area contributed by atoms with E-state index in [0.717, 1.165) is 10.8 Å². The Morgan fingerprint density at radius 1 is 1.25 bits per heavy atom. The number of hydrogen-bond donors (Lipinski definition) is 1. The van der Waals surface area contributed by atoms with Crippen LogP contribution in [0.5, 0.6) is 0 Å². The summed E-state index contributed by atoms with van der Waals surface area (Å²) >= 11 is 0. The molecule has 10 heteroatoms. The lowest BCUT2D eigenvalue weighted by Gasteiger charge is -2.09. The van der Waals surface area contributed by atoms with Gasteiger partial charge in [0.2, 0.25) is 16.7 Å². The van der Waals surface area contributed by atoms with Gasteiger partial charge in [-0.25, -0.2) is 12.7 Å². The first-order chi connectivity index (χ1) is 11.3. The van der Waals surface area contributed by atoms with Crippen LogP contribution in [0.4, 0.5) is 5.88 Å². The van der Waals surface area contributed by atoms with Gasteiger partial charge in [-0.05, 0) is 26.2 Å². The van der Waals surface area contributed by atoms with Crippen molar-refractivity contribution in [2.24, 2.45) is 0 Å². The van der Waals surface area contributed by atoms with E-state index in [4.69, 9.17) is 14.1 Å². The first-order valence-corrected chi connectivity index (χ1v) is 8.52. The van der Waals surface area contributed by atoms with E-state index in [1.165, 1.54) is 26.2 Å². The second-order valence-electron chi connectivity index (χ2n) is 5.44. The molecular formula is C14H19N5O4S. The predicted molar refractivity (Wildman–Crippen MR) is 86.8 cm³/mol. The van der Waals surface area contributed by atoms with Crippen molar-refractivity contribution in [2.75, 3.05) is 46.6 Å². The zero-order chi connectivity index (χ0) is 17.9. The number of anilines is 1. The van der Waals surface area contributed by atoms with Crippen LogP contribution in [0, 0.1) is 11.3 Å². The number of furan rings is 1. The molecule has 0 saturated heterocycles. The van der Waals surface area contributed by atoms with Gasteiger partial charge in [-0.15, -0.1) is 0 Å². The van der Waals surface area contributed by atoms with Crippen molar-refractivity contribution in [1.82, 2.24) is 14.2 Å². The lowest BCUT2D eigenvalue weighted by molar-refractivity contribution is 0.418. The highest BCUT2D eigenvalue weighted by atomic mass is 32.2. The molecule has 0 unspecified atom stereocenters. The number of nitriles is 1. The molecule has 9 nitrogen and oxygen atoms in total. The molecule has 0 fully saturated rings. The van der Waals surface area contributed by atoms with Crippen LogP contribution >= 0.6 is 0 Å². The Labute approximate surface area is 140 Å². The Morgan fingerprint density at radius 2 is 1.96 bits per heavy atom. The number of hydrogen-bond acceptors (Lipinski definition) is 8. The van der Waals surface area contributed by atoms with Crippen molar-refractivity contribution < 1.29 is 17.3 Å². The van der Waals surface area contributed by atoms with Crippen LogP contribution in [-0.2, 0) is 10.0 Å². The van der Waals surface area contributed by atoms with Crippen molar-refractivity contribution in [2.45, 2.75) is 5.09 Å². The molecule has 0 radical (unpaired) electrons. The Bertz CT molecular complexity index is 845. The number of oxazole rings is 1. The third kappa shape index (κ3) is 3.76. The Hall–Kier alpha value is -2.35. The van der Waals surface area contributed by atoms with Gasteiger partial charge in [0.15, 0.2) is 5.76 Å². The molecule has 0 aliphatic carbocycles. The van der Waals surface area contributed by atoms with Gasteiger partial charge in [0, 0.05) is 27.2 Å². The van der Waals surface area contributed by atoms with Crippen LogP contribution in [0.3, 0.4) is 0 Å². The van der Waals surface area contributed by atoms with Crippen molar-refractivity contribution in [3.05, 3.63) is 17.8 Å². The highest BCUT2D eigenvalue weighted by Gasteiger charge is 2.24. The number of nitrogens with one attached hydrogen (secondary N) is 1. The molecule has 0 amide bonds. The zero-order valence-electron chi connectivity index (χ0n) is 13.9. The molecule has 0 saturated carbocycles. The minimum atomic E-state index is -3.69. The Balaban J connectivity index is 2.26. The summed E-state index contributed by atoms with van der Waals surface area (Å²) in [5.74, 6) is 0.398. The molecule has 130 valence electrons. The summed E-state index contributed by atoms with van der Waals surface area (Å²) < 4.78 is 35.9. The van der Waals surface area contributed by atoms with E-state index in [-0.39, 0.29) is 28.3 Å². The zero-order valence-corrected chi connectivity index (χ0v) is 14.7. The summed E-state index contributed by atoms with van der Waals surface area (Å²) in [6.07, 6.45) is 0. The van der Waals surface area contributed by atoms with E-state index < -0.39 is 10.0 Å². The van der Waals surface area contributed by atoms with Gasteiger partial charge in [0.1, 0.15) is 6.07 Å². The topological polar surface area (TPSA) is 116 Å². The molecule has 0 bridgehead atoms. The fourth-order valence-electron chi connectivity index (χ4n) is 1.77. The van der Waals surface area contributed by atoms with E-state index in [1.54, 1.807) is 0 Å². The van der Waals surface area contributed by atoms with Crippen LogP contribution < -0.4 is 5.32 Å². The van der Waals surface area contributed by atoms with Crippen LogP contribution in [-0.4, -0.2) is 63.9 Å². The van der Waals surface area contributed by atoms with Gasteiger partial charge >= 0.3 is 0 Å². The van der Waals surface area contributed by atoms with E-state index in [0.29, 0.717) is 6.54 Å². The maximum absolute atomic E-state index is 12.0. The second-order valence-corrected chi connectivity index (χ2v) is 7.53. The van der Waals surface area contributed by atoms with E-state index in [1.807, 2.05) is 25.1 Å². The van der Waals surface area contributed by atoms with E-state index in [9.17, 15) is 8.42 Å². The maximum atomic E-state index is 12.0. The van der Waals surface area contributed by atoms with Gasteiger partial charge in [-0.3, -0.25) is 0 Å². The molecule has 2 aromatic heterocycles. The summed E-state index contributed by atoms with van der Waals surface area (Å²) in [6.45, 7) is 1.31. The largest absolute Gasteiger partial charge is 0.438 e. The fourth-order valence-corrected chi connectivity index (χ4v) is 2.56. The fraction of sp³-hybridized carbons (Fsp3) is 0.429. The summed E-state index contributed by atoms with van der Waals surface area (Å²) in [5.41, 5.74) is 0.0807. The van der Waals surface area contributed by atoms with E-state index in [2.05, 4.69) is 10.3 Å². The summed E-state index contributed by atoms with van der Waals surface area (Å²) in [7, 11) is 2.98. The van der Waals surface area contributed by atoms with Crippen molar-refractivity contribution in [1.29, 1.82) is 5.26 Å². The van der Waals surface area contributed by atoms with Gasteiger partial charge in [0.25, 0.3) is 15.9 Å². The minimum absolute atomic E-state index is 0.0408. The number of sulfonamides is 1. The summed E-state index contributed by atoms with van der Waals surface area (Å²) in [6, 6.07) is 4.69. The van der Waals surface area contributed by atoms with Crippen molar-refractivity contribution in [3.63, 3.8) is 0 Å². The molecule has 0 aromatic carbocycles. The third-order valence-corrected chi connectivity index (χ3v) is 4.79. The maximum Gasteiger partial charge on any atom is 0.275 e. The Kier molecular flexibility index (Phi) is 5.28. The Morgan fingerprint density at radius 3 is 2.54 bits per heavy atom. The van der Waals surface area contributed by atoms with E-state index >= 15 is 0 Å². The number of rotatable bonds is 7. The number of likely N-dealkylation sites (N-methyl/N-ethyl adjacent to an activating group) is 1. The van der Waals surface area contributed by atoms with Crippen LogP contribution in [0.1, 0.15) is 5.69 Å². The quantitative estimate of drug-likeness (QED) is 0.784.